The summed E-state index contributed by atoms with van der Waals surface area (Å²) in [4.78, 5) is 28.7. The molecule has 4 rings (SSSR count). The van der Waals surface area contributed by atoms with Crippen LogP contribution in [-0.4, -0.2) is 43.8 Å². The Morgan fingerprint density at radius 3 is 2.29 bits per heavy atom. The Morgan fingerprint density at radius 2 is 1.66 bits per heavy atom. The maximum Gasteiger partial charge on any atom is 0.264 e. The zero-order chi connectivity index (χ0) is 29.6. The van der Waals surface area contributed by atoms with Gasteiger partial charge in [0.1, 0.15) is 18.4 Å². The van der Waals surface area contributed by atoms with Gasteiger partial charge in [0.15, 0.2) is 0 Å². The van der Waals surface area contributed by atoms with E-state index in [0.717, 1.165) is 54.1 Å². The summed E-state index contributed by atoms with van der Waals surface area (Å²) in [6.45, 7) is 2.92. The Labute approximate surface area is 246 Å². The molecule has 7 nitrogen and oxygen atoms in total. The van der Waals surface area contributed by atoms with Crippen molar-refractivity contribution in [1.29, 1.82) is 0 Å². The molecule has 41 heavy (non-hydrogen) atoms. The molecular weight excluding hydrogens is 565 g/mol. The topological polar surface area (TPSA) is 86.8 Å². The number of amides is 2. The van der Waals surface area contributed by atoms with Gasteiger partial charge < -0.3 is 10.2 Å². The first-order valence-corrected chi connectivity index (χ1v) is 15.6. The number of halogens is 2. The molecule has 0 saturated heterocycles. The SMILES string of the molecule is Cc1ccc(S(=O)(=O)N(CC(=O)N(Cc2cccc(Cl)c2)[C@H](C)C(=O)NC2CCCCC2)c2ccc(F)cc2)cc1. The number of hydrogen-bond donors (Lipinski definition) is 1. The van der Waals surface area contributed by atoms with Crippen LogP contribution in [0.2, 0.25) is 5.02 Å². The summed E-state index contributed by atoms with van der Waals surface area (Å²) < 4.78 is 42.4. The molecule has 1 atom stereocenters. The minimum absolute atomic E-state index is 0.00953. The zero-order valence-corrected chi connectivity index (χ0v) is 24.8. The normalized spacial score (nSPS) is 14.7. The summed E-state index contributed by atoms with van der Waals surface area (Å²) in [6, 6.07) is 17.3. The fourth-order valence-corrected chi connectivity index (χ4v) is 6.58. The molecule has 0 spiro atoms. The molecular formula is C31H35ClFN3O4S. The zero-order valence-electron chi connectivity index (χ0n) is 23.2. The number of benzene rings is 3. The number of nitrogens with one attached hydrogen (secondary N) is 1. The first-order chi connectivity index (χ1) is 19.5. The van der Waals surface area contributed by atoms with Gasteiger partial charge in [-0.05, 0) is 80.8 Å². The van der Waals surface area contributed by atoms with E-state index in [1.54, 1.807) is 43.3 Å². The number of anilines is 1. The van der Waals surface area contributed by atoms with Gasteiger partial charge in [0.25, 0.3) is 10.0 Å². The van der Waals surface area contributed by atoms with E-state index in [0.29, 0.717) is 10.6 Å². The highest BCUT2D eigenvalue weighted by Gasteiger charge is 2.33. The quantitative estimate of drug-likeness (QED) is 0.317. The van der Waals surface area contributed by atoms with Crippen molar-refractivity contribution in [2.75, 3.05) is 10.8 Å². The smallest absolute Gasteiger partial charge is 0.264 e. The van der Waals surface area contributed by atoms with Gasteiger partial charge in [-0.25, -0.2) is 12.8 Å². The van der Waals surface area contributed by atoms with Crippen molar-refractivity contribution in [2.24, 2.45) is 0 Å². The molecule has 0 aliphatic heterocycles. The van der Waals surface area contributed by atoms with Crippen molar-refractivity contribution in [3.8, 4) is 0 Å². The molecule has 1 aliphatic rings. The number of rotatable bonds is 10. The van der Waals surface area contributed by atoms with E-state index in [4.69, 9.17) is 11.6 Å². The molecule has 3 aromatic rings. The highest BCUT2D eigenvalue weighted by atomic mass is 35.5. The standard InChI is InChI=1S/C31H35ClFN3O4S/c1-22-11-17-29(18-12-22)41(39,40)36(28-15-13-26(33)14-16-28)21-30(37)35(20-24-7-6-8-25(32)19-24)23(2)31(38)34-27-9-4-3-5-10-27/h6-8,11-19,23,27H,3-5,9-10,20-21H2,1-2H3,(H,34,38)/t23-/m1/s1. The second-order valence-electron chi connectivity index (χ2n) is 10.5. The molecule has 1 N–H and O–H groups in total. The molecule has 2 amide bonds. The minimum Gasteiger partial charge on any atom is -0.352 e. The van der Waals surface area contributed by atoms with E-state index < -0.39 is 34.3 Å². The van der Waals surface area contributed by atoms with Crippen molar-refractivity contribution in [2.45, 2.75) is 69.5 Å². The van der Waals surface area contributed by atoms with Crippen LogP contribution in [0.3, 0.4) is 0 Å². The van der Waals surface area contributed by atoms with Crippen molar-refractivity contribution >= 4 is 39.1 Å². The summed E-state index contributed by atoms with van der Waals surface area (Å²) in [5.74, 6) is -1.43. The third kappa shape index (κ3) is 7.86. The summed E-state index contributed by atoms with van der Waals surface area (Å²) in [5.41, 5.74) is 1.69. The van der Waals surface area contributed by atoms with Gasteiger partial charge in [-0.1, -0.05) is 60.7 Å². The number of carbonyl (C=O) groups excluding carboxylic acids is 2. The molecule has 1 aliphatic carbocycles. The molecule has 0 bridgehead atoms. The van der Waals surface area contributed by atoms with Crippen LogP contribution in [0.4, 0.5) is 10.1 Å². The van der Waals surface area contributed by atoms with Gasteiger partial charge in [0.2, 0.25) is 11.8 Å². The van der Waals surface area contributed by atoms with E-state index in [-0.39, 0.29) is 29.1 Å². The van der Waals surface area contributed by atoms with Crippen LogP contribution < -0.4 is 9.62 Å². The fraction of sp³-hybridized carbons (Fsp3) is 0.355. The maximum absolute atomic E-state index is 14.0. The van der Waals surface area contributed by atoms with E-state index in [9.17, 15) is 22.4 Å². The molecule has 10 heteroatoms. The van der Waals surface area contributed by atoms with Crippen LogP contribution in [0.25, 0.3) is 0 Å². The predicted molar refractivity (Wildman–Crippen MR) is 159 cm³/mol. The Balaban J connectivity index is 1.67. The van der Waals surface area contributed by atoms with Crippen LogP contribution >= 0.6 is 11.6 Å². The van der Waals surface area contributed by atoms with Gasteiger partial charge in [0, 0.05) is 17.6 Å². The molecule has 3 aromatic carbocycles. The van der Waals surface area contributed by atoms with Gasteiger partial charge >= 0.3 is 0 Å². The van der Waals surface area contributed by atoms with E-state index >= 15 is 0 Å². The first kappa shape index (κ1) is 30.5. The Bertz CT molecular complexity index is 1460. The Hall–Kier alpha value is -3.43. The molecule has 0 radical (unpaired) electrons. The van der Waals surface area contributed by atoms with Crippen LogP contribution in [0.1, 0.15) is 50.2 Å². The number of nitrogens with zero attached hydrogens (tertiary/aromatic N) is 2. The van der Waals surface area contributed by atoms with Gasteiger partial charge in [0.05, 0.1) is 10.6 Å². The summed E-state index contributed by atoms with van der Waals surface area (Å²) >= 11 is 6.19. The van der Waals surface area contributed by atoms with Gasteiger partial charge in [-0.15, -0.1) is 0 Å². The third-order valence-electron chi connectivity index (χ3n) is 7.36. The first-order valence-electron chi connectivity index (χ1n) is 13.7. The highest BCUT2D eigenvalue weighted by molar-refractivity contribution is 7.92. The molecule has 0 aromatic heterocycles. The van der Waals surface area contributed by atoms with E-state index in [1.165, 1.54) is 29.2 Å². The minimum atomic E-state index is -4.22. The average Bonchev–Trinajstić information content (AvgIpc) is 2.95. The summed E-state index contributed by atoms with van der Waals surface area (Å²) in [7, 11) is -4.22. The number of carbonyl (C=O) groups is 2. The van der Waals surface area contributed by atoms with Crippen LogP contribution in [-0.2, 0) is 26.2 Å². The molecule has 0 unspecified atom stereocenters. The third-order valence-corrected chi connectivity index (χ3v) is 9.39. The fourth-order valence-electron chi connectivity index (χ4n) is 4.96. The second-order valence-corrected chi connectivity index (χ2v) is 12.8. The Kier molecular flexibility index (Phi) is 10.0. The highest BCUT2D eigenvalue weighted by Crippen LogP contribution is 2.26. The maximum atomic E-state index is 14.0. The van der Waals surface area contributed by atoms with Gasteiger partial charge in [-0.3, -0.25) is 13.9 Å². The lowest BCUT2D eigenvalue weighted by atomic mass is 9.95. The van der Waals surface area contributed by atoms with Crippen molar-refractivity contribution in [3.63, 3.8) is 0 Å². The molecule has 218 valence electrons. The van der Waals surface area contributed by atoms with Crippen LogP contribution in [0, 0.1) is 12.7 Å². The number of sulfonamides is 1. The molecule has 1 saturated carbocycles. The second kappa shape index (κ2) is 13.5. The molecule has 1 fully saturated rings. The van der Waals surface area contributed by atoms with Crippen LogP contribution in [0.15, 0.2) is 77.7 Å². The van der Waals surface area contributed by atoms with Crippen molar-refractivity contribution in [3.05, 3.63) is 94.8 Å². The average molecular weight is 600 g/mol. The lowest BCUT2D eigenvalue weighted by Gasteiger charge is -2.33. The molecule has 0 heterocycles. The number of hydrogen-bond acceptors (Lipinski definition) is 4. The lowest BCUT2D eigenvalue weighted by molar-refractivity contribution is -0.139. The summed E-state index contributed by atoms with van der Waals surface area (Å²) in [6.07, 6.45) is 4.97. The predicted octanol–water partition coefficient (Wildman–Crippen LogP) is 5.85. The Morgan fingerprint density at radius 1 is 1.00 bits per heavy atom. The van der Waals surface area contributed by atoms with Crippen molar-refractivity contribution in [1.82, 2.24) is 10.2 Å². The monoisotopic (exact) mass is 599 g/mol. The lowest BCUT2D eigenvalue weighted by Crippen LogP contribution is -2.53. The van der Waals surface area contributed by atoms with Gasteiger partial charge in [-0.2, -0.15) is 0 Å². The largest absolute Gasteiger partial charge is 0.352 e. The van der Waals surface area contributed by atoms with E-state index in [2.05, 4.69) is 5.32 Å². The summed E-state index contributed by atoms with van der Waals surface area (Å²) in [5, 5.41) is 3.55. The van der Waals surface area contributed by atoms with E-state index in [1.807, 2.05) is 6.92 Å². The van der Waals surface area contributed by atoms with Crippen molar-refractivity contribution < 1.29 is 22.4 Å². The van der Waals surface area contributed by atoms with Crippen LogP contribution in [0.5, 0.6) is 0 Å². The number of aryl methyl sites for hydroxylation is 1.